The van der Waals surface area contributed by atoms with Gasteiger partial charge in [0.15, 0.2) is 0 Å². The second-order valence-electron chi connectivity index (χ2n) is 7.68. The molecule has 2 aliphatic carbocycles. The van der Waals surface area contributed by atoms with Gasteiger partial charge in [-0.05, 0) is 62.8 Å². The molecule has 106 valence electrons. The van der Waals surface area contributed by atoms with Crippen molar-refractivity contribution in [3.8, 4) is 0 Å². The van der Waals surface area contributed by atoms with E-state index in [1.54, 1.807) is 0 Å². The highest BCUT2D eigenvalue weighted by molar-refractivity contribution is 4.92. The molecule has 0 saturated heterocycles. The monoisotopic (exact) mass is 252 g/mol. The minimum atomic E-state index is 0.492. The van der Waals surface area contributed by atoms with Gasteiger partial charge < -0.3 is 5.73 Å². The molecular formula is C16H32N2. The number of nitrogens with two attached hydrogens (primary N) is 1. The number of nitrogens with zero attached hydrogens (tertiary/aromatic N) is 1. The third-order valence-corrected chi connectivity index (χ3v) is 5.43. The molecule has 2 rings (SSSR count). The van der Waals surface area contributed by atoms with Gasteiger partial charge >= 0.3 is 0 Å². The number of hydrogen-bond donors (Lipinski definition) is 1. The molecule has 1 atom stereocenters. The fourth-order valence-corrected chi connectivity index (χ4v) is 3.81. The molecule has 2 saturated carbocycles. The van der Waals surface area contributed by atoms with Crippen molar-refractivity contribution in [3.63, 3.8) is 0 Å². The maximum absolute atomic E-state index is 6.05. The van der Waals surface area contributed by atoms with Crippen molar-refractivity contribution in [2.45, 2.75) is 71.4 Å². The van der Waals surface area contributed by atoms with Gasteiger partial charge in [0.05, 0.1) is 0 Å². The van der Waals surface area contributed by atoms with E-state index in [9.17, 15) is 0 Å². The summed E-state index contributed by atoms with van der Waals surface area (Å²) < 4.78 is 0. The van der Waals surface area contributed by atoms with Crippen LogP contribution in [0, 0.1) is 17.3 Å². The minimum absolute atomic E-state index is 0.492. The van der Waals surface area contributed by atoms with Crippen molar-refractivity contribution < 1.29 is 0 Å². The summed E-state index contributed by atoms with van der Waals surface area (Å²) in [5.74, 6) is 1.76. The second-order valence-corrected chi connectivity index (χ2v) is 7.68. The molecule has 2 nitrogen and oxygen atoms in total. The third kappa shape index (κ3) is 3.27. The molecule has 2 aliphatic rings. The van der Waals surface area contributed by atoms with E-state index >= 15 is 0 Å². The van der Waals surface area contributed by atoms with Crippen molar-refractivity contribution in [2.75, 3.05) is 13.6 Å². The SMILES string of the molecule is CN(C1CC1)C(CN)C1CCC(C(C)(C)C)CC1. The molecule has 2 heteroatoms. The van der Waals surface area contributed by atoms with E-state index in [4.69, 9.17) is 5.73 Å². The van der Waals surface area contributed by atoms with E-state index in [0.29, 0.717) is 11.5 Å². The van der Waals surface area contributed by atoms with Crippen molar-refractivity contribution in [3.05, 3.63) is 0 Å². The van der Waals surface area contributed by atoms with E-state index in [0.717, 1.165) is 24.4 Å². The summed E-state index contributed by atoms with van der Waals surface area (Å²) in [5, 5.41) is 0. The topological polar surface area (TPSA) is 29.3 Å². The summed E-state index contributed by atoms with van der Waals surface area (Å²) in [7, 11) is 2.30. The summed E-state index contributed by atoms with van der Waals surface area (Å²) in [4.78, 5) is 2.59. The Morgan fingerprint density at radius 2 is 1.61 bits per heavy atom. The number of rotatable bonds is 4. The van der Waals surface area contributed by atoms with Crippen molar-refractivity contribution in [1.29, 1.82) is 0 Å². The maximum Gasteiger partial charge on any atom is 0.0246 e. The highest BCUT2D eigenvalue weighted by Crippen LogP contribution is 2.42. The normalized spacial score (nSPS) is 31.7. The van der Waals surface area contributed by atoms with Crippen LogP contribution in [0.2, 0.25) is 0 Å². The van der Waals surface area contributed by atoms with Crippen LogP contribution in [-0.2, 0) is 0 Å². The van der Waals surface area contributed by atoms with E-state index < -0.39 is 0 Å². The molecule has 18 heavy (non-hydrogen) atoms. The first-order chi connectivity index (χ1) is 8.43. The average molecular weight is 252 g/mol. The molecule has 0 aromatic carbocycles. The first-order valence-corrected chi connectivity index (χ1v) is 7.85. The van der Waals surface area contributed by atoms with Gasteiger partial charge in [0.25, 0.3) is 0 Å². The molecule has 0 amide bonds. The lowest BCUT2D eigenvalue weighted by atomic mass is 9.68. The molecule has 0 spiro atoms. The van der Waals surface area contributed by atoms with Gasteiger partial charge in [0, 0.05) is 18.6 Å². The molecule has 0 bridgehead atoms. The van der Waals surface area contributed by atoms with Crippen molar-refractivity contribution in [1.82, 2.24) is 4.90 Å². The molecule has 0 radical (unpaired) electrons. The zero-order chi connectivity index (χ0) is 13.3. The van der Waals surface area contributed by atoms with Crippen LogP contribution in [0.1, 0.15) is 59.3 Å². The van der Waals surface area contributed by atoms with Crippen LogP contribution in [0.15, 0.2) is 0 Å². The predicted octanol–water partition coefficient (Wildman–Crippen LogP) is 3.26. The van der Waals surface area contributed by atoms with Crippen LogP contribution in [0.25, 0.3) is 0 Å². The fraction of sp³-hybridized carbons (Fsp3) is 1.00. The lowest BCUT2D eigenvalue weighted by Crippen LogP contribution is -2.46. The van der Waals surface area contributed by atoms with E-state index in [1.807, 2.05) is 0 Å². The van der Waals surface area contributed by atoms with Gasteiger partial charge in [-0.3, -0.25) is 4.90 Å². The molecule has 2 N–H and O–H groups in total. The highest BCUT2D eigenvalue weighted by Gasteiger charge is 2.37. The Balaban J connectivity index is 1.87. The summed E-state index contributed by atoms with van der Waals surface area (Å²) in [6, 6.07) is 1.48. The summed E-state index contributed by atoms with van der Waals surface area (Å²) in [5.41, 5.74) is 6.54. The Labute approximate surface area is 113 Å². The van der Waals surface area contributed by atoms with Gasteiger partial charge in [-0.25, -0.2) is 0 Å². The fourth-order valence-electron chi connectivity index (χ4n) is 3.81. The summed E-state index contributed by atoms with van der Waals surface area (Å²) in [6.07, 6.45) is 8.38. The van der Waals surface area contributed by atoms with Crippen molar-refractivity contribution >= 4 is 0 Å². The third-order valence-electron chi connectivity index (χ3n) is 5.43. The number of hydrogen-bond acceptors (Lipinski definition) is 2. The standard InChI is InChI=1S/C16H32N2/c1-16(2,3)13-7-5-12(6-8-13)15(11-17)18(4)14-9-10-14/h12-15H,5-11,17H2,1-4H3. The van der Waals surface area contributed by atoms with Crippen molar-refractivity contribution in [2.24, 2.45) is 23.0 Å². The van der Waals surface area contributed by atoms with Gasteiger partial charge in [0.2, 0.25) is 0 Å². The van der Waals surface area contributed by atoms with Crippen LogP contribution in [0.3, 0.4) is 0 Å². The lowest BCUT2D eigenvalue weighted by molar-refractivity contribution is 0.0915. The Morgan fingerprint density at radius 1 is 1.06 bits per heavy atom. The van der Waals surface area contributed by atoms with E-state index in [1.165, 1.54) is 38.5 Å². The summed E-state index contributed by atoms with van der Waals surface area (Å²) >= 11 is 0. The zero-order valence-electron chi connectivity index (χ0n) is 12.8. The quantitative estimate of drug-likeness (QED) is 0.832. The molecule has 2 fully saturated rings. The lowest BCUT2D eigenvalue weighted by Gasteiger charge is -2.41. The largest absolute Gasteiger partial charge is 0.329 e. The molecule has 0 aromatic rings. The van der Waals surface area contributed by atoms with Gasteiger partial charge in [0.1, 0.15) is 0 Å². The van der Waals surface area contributed by atoms with Gasteiger partial charge in [-0.1, -0.05) is 20.8 Å². The number of likely N-dealkylation sites (N-methyl/N-ethyl adjacent to an activating group) is 1. The molecular weight excluding hydrogens is 220 g/mol. The minimum Gasteiger partial charge on any atom is -0.329 e. The molecule has 0 aliphatic heterocycles. The molecule has 0 heterocycles. The molecule has 1 unspecified atom stereocenters. The Hall–Kier alpha value is -0.0800. The van der Waals surface area contributed by atoms with Gasteiger partial charge in [-0.15, -0.1) is 0 Å². The summed E-state index contributed by atoms with van der Waals surface area (Å²) in [6.45, 7) is 8.04. The van der Waals surface area contributed by atoms with E-state index in [2.05, 4.69) is 32.7 Å². The molecule has 0 aromatic heterocycles. The smallest absolute Gasteiger partial charge is 0.0246 e. The average Bonchev–Trinajstić information content (AvgIpc) is 3.13. The first kappa shape index (κ1) is 14.3. The van der Waals surface area contributed by atoms with Crippen LogP contribution >= 0.6 is 0 Å². The van der Waals surface area contributed by atoms with Crippen LogP contribution in [0.4, 0.5) is 0 Å². The predicted molar refractivity (Wildman–Crippen MR) is 78.5 cm³/mol. The Morgan fingerprint density at radius 3 is 2.00 bits per heavy atom. The Kier molecular flexibility index (Phi) is 4.38. The highest BCUT2D eigenvalue weighted by atomic mass is 15.2. The zero-order valence-corrected chi connectivity index (χ0v) is 12.8. The maximum atomic E-state index is 6.05. The Bertz CT molecular complexity index is 257. The van der Waals surface area contributed by atoms with Gasteiger partial charge in [-0.2, -0.15) is 0 Å². The second kappa shape index (κ2) is 5.50. The first-order valence-electron chi connectivity index (χ1n) is 7.85. The van der Waals surface area contributed by atoms with Crippen LogP contribution in [0.5, 0.6) is 0 Å². The van der Waals surface area contributed by atoms with E-state index in [-0.39, 0.29) is 0 Å². The van der Waals surface area contributed by atoms with Crippen LogP contribution in [-0.4, -0.2) is 30.6 Å². The van der Waals surface area contributed by atoms with Crippen LogP contribution < -0.4 is 5.73 Å².